The quantitative estimate of drug-likeness (QED) is 0.0817. The highest BCUT2D eigenvalue weighted by Crippen LogP contribution is 2.20. The molecular formula is C28H58O9. The van der Waals surface area contributed by atoms with Gasteiger partial charge in [-0.05, 0) is 6.42 Å². The van der Waals surface area contributed by atoms with Gasteiger partial charge < -0.3 is 40.5 Å². The molecule has 0 aromatic carbocycles. The lowest BCUT2D eigenvalue weighted by molar-refractivity contribution is -0.137. The number of carboxylic acids is 1. The van der Waals surface area contributed by atoms with Crippen LogP contribution in [0.5, 0.6) is 0 Å². The van der Waals surface area contributed by atoms with Gasteiger partial charge >= 0.3 is 5.97 Å². The molecule has 0 aliphatic rings. The van der Waals surface area contributed by atoms with E-state index in [4.69, 9.17) is 40.5 Å². The van der Waals surface area contributed by atoms with Gasteiger partial charge in [0.1, 0.15) is 0 Å². The fourth-order valence-corrected chi connectivity index (χ4v) is 3.71. The van der Waals surface area contributed by atoms with Gasteiger partial charge in [0.25, 0.3) is 0 Å². The van der Waals surface area contributed by atoms with Crippen LogP contribution in [0.1, 0.15) is 110 Å². The highest BCUT2D eigenvalue weighted by Gasteiger charge is 2.32. The van der Waals surface area contributed by atoms with Gasteiger partial charge in [0.05, 0.1) is 63.7 Å². The highest BCUT2D eigenvalue weighted by atomic mass is 16.5. The van der Waals surface area contributed by atoms with Gasteiger partial charge in [-0.25, -0.2) is 0 Å². The Morgan fingerprint density at radius 2 is 0.784 bits per heavy atom. The normalized spacial score (nSPS) is 11.9. The summed E-state index contributed by atoms with van der Waals surface area (Å²) < 4.78 is 5.15. The standard InChI is InChI=1S/C18H36O2.C10H22O7/c1-2-3-4-5-6-7-8-9-10-11-12-13-14-15-16-17-18(19)20;11-1-9(2-12,3-13)7-17-8-10(4-14,5-15)6-16/h2-17H2,1H3,(H,19,20);11-16H,1-8H2. The van der Waals surface area contributed by atoms with Gasteiger partial charge in [-0.1, -0.05) is 96.8 Å². The van der Waals surface area contributed by atoms with Gasteiger partial charge in [-0.3, -0.25) is 4.79 Å². The molecule has 0 aromatic heterocycles. The molecule has 0 aromatic rings. The summed E-state index contributed by atoms with van der Waals surface area (Å²) >= 11 is 0. The Labute approximate surface area is 224 Å². The Morgan fingerprint density at radius 3 is 1.03 bits per heavy atom. The van der Waals surface area contributed by atoms with Crippen molar-refractivity contribution in [1.29, 1.82) is 0 Å². The first kappa shape index (κ1) is 38.3. The predicted octanol–water partition coefficient (Wildman–Crippen LogP) is 3.26. The Balaban J connectivity index is 0. The molecule has 0 rings (SSSR count). The zero-order valence-corrected chi connectivity index (χ0v) is 23.4. The molecule has 0 amide bonds. The summed E-state index contributed by atoms with van der Waals surface area (Å²) in [6, 6.07) is 0. The summed E-state index contributed by atoms with van der Waals surface area (Å²) in [5.74, 6) is -0.653. The van der Waals surface area contributed by atoms with Crippen LogP contribution in [0.4, 0.5) is 0 Å². The van der Waals surface area contributed by atoms with E-state index in [0.29, 0.717) is 6.42 Å². The number of ether oxygens (including phenoxy) is 1. The molecule has 0 saturated carbocycles. The van der Waals surface area contributed by atoms with Crippen LogP contribution < -0.4 is 0 Å². The first-order valence-corrected chi connectivity index (χ1v) is 14.3. The van der Waals surface area contributed by atoms with E-state index in [0.717, 1.165) is 12.8 Å². The van der Waals surface area contributed by atoms with E-state index >= 15 is 0 Å². The maximum Gasteiger partial charge on any atom is 0.303 e. The second-order valence-corrected chi connectivity index (χ2v) is 10.5. The fourth-order valence-electron chi connectivity index (χ4n) is 3.71. The second kappa shape index (κ2) is 26.8. The molecular weight excluding hydrogens is 480 g/mol. The van der Waals surface area contributed by atoms with Gasteiger partial charge in [0.15, 0.2) is 0 Å². The minimum atomic E-state index is -1.16. The minimum absolute atomic E-state index is 0.141. The Hall–Kier alpha value is -0.810. The van der Waals surface area contributed by atoms with Crippen molar-refractivity contribution in [2.45, 2.75) is 110 Å². The largest absolute Gasteiger partial charge is 0.481 e. The molecule has 0 unspecified atom stereocenters. The number of carbonyl (C=O) groups is 1. The van der Waals surface area contributed by atoms with Crippen molar-refractivity contribution in [1.82, 2.24) is 0 Å². The maximum atomic E-state index is 10.3. The number of aliphatic hydroxyl groups excluding tert-OH is 6. The second-order valence-electron chi connectivity index (χ2n) is 10.5. The Bertz CT molecular complexity index is 444. The van der Waals surface area contributed by atoms with E-state index in [1.807, 2.05) is 0 Å². The SMILES string of the molecule is CCCCCCCCCCCCCCCCCC(=O)O.OCC(CO)(CO)COCC(CO)(CO)CO. The monoisotopic (exact) mass is 538 g/mol. The minimum Gasteiger partial charge on any atom is -0.481 e. The molecule has 0 radical (unpaired) electrons. The van der Waals surface area contributed by atoms with E-state index in [-0.39, 0.29) is 13.2 Å². The molecule has 224 valence electrons. The molecule has 0 fully saturated rings. The number of hydrogen-bond acceptors (Lipinski definition) is 8. The third kappa shape index (κ3) is 21.8. The van der Waals surface area contributed by atoms with Gasteiger partial charge in [0.2, 0.25) is 0 Å². The van der Waals surface area contributed by atoms with Crippen molar-refractivity contribution in [3.8, 4) is 0 Å². The van der Waals surface area contributed by atoms with E-state index in [1.54, 1.807) is 0 Å². The molecule has 0 atom stereocenters. The van der Waals surface area contributed by atoms with Crippen molar-refractivity contribution in [2.24, 2.45) is 10.8 Å². The molecule has 0 heterocycles. The first-order chi connectivity index (χ1) is 17.8. The molecule has 7 N–H and O–H groups in total. The topological polar surface area (TPSA) is 168 Å². The maximum absolute atomic E-state index is 10.3. The third-order valence-corrected chi connectivity index (χ3v) is 6.82. The summed E-state index contributed by atoms with van der Waals surface area (Å²) in [5.41, 5.74) is -2.32. The first-order valence-electron chi connectivity index (χ1n) is 14.3. The fraction of sp³-hybridized carbons (Fsp3) is 0.964. The average molecular weight is 539 g/mol. The number of carboxylic acid groups (broad SMARTS) is 1. The van der Waals surface area contributed by atoms with Crippen molar-refractivity contribution in [3.63, 3.8) is 0 Å². The smallest absolute Gasteiger partial charge is 0.303 e. The molecule has 9 nitrogen and oxygen atoms in total. The number of aliphatic carboxylic acids is 1. The van der Waals surface area contributed by atoms with Crippen LogP contribution in [0.25, 0.3) is 0 Å². The van der Waals surface area contributed by atoms with Crippen molar-refractivity contribution < 1.29 is 45.3 Å². The van der Waals surface area contributed by atoms with E-state index in [1.165, 1.54) is 83.5 Å². The summed E-state index contributed by atoms with van der Waals surface area (Å²) in [7, 11) is 0. The van der Waals surface area contributed by atoms with Crippen LogP contribution in [-0.2, 0) is 9.53 Å². The molecule has 37 heavy (non-hydrogen) atoms. The lowest BCUT2D eigenvalue weighted by Gasteiger charge is -2.31. The molecule has 9 heteroatoms. The van der Waals surface area contributed by atoms with E-state index in [2.05, 4.69) is 6.92 Å². The number of hydrogen-bond donors (Lipinski definition) is 7. The van der Waals surface area contributed by atoms with Gasteiger partial charge in [-0.2, -0.15) is 0 Å². The van der Waals surface area contributed by atoms with Crippen LogP contribution in [-0.4, -0.2) is 94.6 Å². The van der Waals surface area contributed by atoms with Gasteiger partial charge in [0, 0.05) is 6.42 Å². The third-order valence-electron chi connectivity index (χ3n) is 6.82. The summed E-state index contributed by atoms with van der Waals surface area (Å²) in [6.45, 7) is -0.735. The number of unbranched alkanes of at least 4 members (excludes halogenated alkanes) is 14. The summed E-state index contributed by atoms with van der Waals surface area (Å²) in [4.78, 5) is 10.3. The molecule has 0 spiro atoms. The average Bonchev–Trinajstić information content (AvgIpc) is 2.92. The number of aliphatic hydroxyl groups is 6. The zero-order chi connectivity index (χ0) is 28.3. The summed E-state index contributed by atoms with van der Waals surface area (Å²) in [6.07, 6.45) is 20.2. The molecule has 0 saturated heterocycles. The molecule has 0 aliphatic heterocycles. The predicted molar refractivity (Wildman–Crippen MR) is 145 cm³/mol. The molecule has 0 bridgehead atoms. The van der Waals surface area contributed by atoms with Crippen molar-refractivity contribution >= 4 is 5.97 Å². The van der Waals surface area contributed by atoms with Crippen LogP contribution in [0.3, 0.4) is 0 Å². The Morgan fingerprint density at radius 1 is 0.514 bits per heavy atom. The highest BCUT2D eigenvalue weighted by molar-refractivity contribution is 5.66. The van der Waals surface area contributed by atoms with E-state index < -0.39 is 56.4 Å². The Kier molecular flexibility index (Phi) is 27.8. The lowest BCUT2D eigenvalue weighted by atomic mass is 9.91. The summed E-state index contributed by atoms with van der Waals surface area (Å²) in [5, 5.41) is 62.7. The van der Waals surface area contributed by atoms with Gasteiger partial charge in [-0.15, -0.1) is 0 Å². The van der Waals surface area contributed by atoms with Crippen molar-refractivity contribution in [3.05, 3.63) is 0 Å². The lowest BCUT2D eigenvalue weighted by Crippen LogP contribution is -2.43. The van der Waals surface area contributed by atoms with Crippen LogP contribution in [0.15, 0.2) is 0 Å². The van der Waals surface area contributed by atoms with Crippen LogP contribution in [0, 0.1) is 10.8 Å². The van der Waals surface area contributed by atoms with Crippen LogP contribution in [0.2, 0.25) is 0 Å². The van der Waals surface area contributed by atoms with Crippen LogP contribution >= 0.6 is 0 Å². The van der Waals surface area contributed by atoms with E-state index in [9.17, 15) is 4.79 Å². The number of rotatable bonds is 26. The zero-order valence-electron chi connectivity index (χ0n) is 23.4. The molecule has 0 aliphatic carbocycles. The van der Waals surface area contributed by atoms with Crippen molar-refractivity contribution in [2.75, 3.05) is 52.9 Å².